The van der Waals surface area contributed by atoms with E-state index in [9.17, 15) is 14.4 Å². The minimum Gasteiger partial charge on any atom is -0.347 e. The molecule has 0 saturated carbocycles. The topological polar surface area (TPSA) is 114 Å². The Hall–Kier alpha value is -3.41. The van der Waals surface area contributed by atoms with Crippen LogP contribution in [0.15, 0.2) is 63.3 Å². The number of aryl methyl sites for hydroxylation is 1. The Morgan fingerprint density at radius 3 is 2.53 bits per heavy atom. The van der Waals surface area contributed by atoms with Crippen molar-refractivity contribution in [1.82, 2.24) is 24.3 Å². The van der Waals surface area contributed by atoms with E-state index < -0.39 is 11.9 Å². The minimum atomic E-state index is -1.16. The molecule has 0 fully saturated rings. The number of fused-ring (bicyclic) bond motifs is 1. The molecule has 9 nitrogen and oxygen atoms in total. The SMILES string of the molecule is Cc1ccc(C(=O)N(CCCN)C(C(=O)N(C)C)c2nc3cc(Br)sc3c(=O)n2Cc2ccccc2)cn1. The molecule has 0 aliphatic carbocycles. The lowest BCUT2D eigenvalue weighted by molar-refractivity contribution is -0.134. The molecule has 38 heavy (non-hydrogen) atoms. The highest BCUT2D eigenvalue weighted by atomic mass is 79.9. The smallest absolute Gasteiger partial charge is 0.271 e. The van der Waals surface area contributed by atoms with Crippen molar-refractivity contribution in [3.8, 4) is 0 Å². The van der Waals surface area contributed by atoms with E-state index in [1.807, 2.05) is 37.3 Å². The Morgan fingerprint density at radius 2 is 1.89 bits per heavy atom. The predicted molar refractivity (Wildman–Crippen MR) is 152 cm³/mol. The number of hydrogen-bond donors (Lipinski definition) is 1. The molecule has 4 aromatic rings. The van der Waals surface area contributed by atoms with Crippen molar-refractivity contribution in [2.75, 3.05) is 27.2 Å². The number of halogens is 1. The highest BCUT2D eigenvalue weighted by molar-refractivity contribution is 9.11. The van der Waals surface area contributed by atoms with Crippen LogP contribution in [0.4, 0.5) is 0 Å². The van der Waals surface area contributed by atoms with Crippen LogP contribution in [-0.4, -0.2) is 63.3 Å². The maximum atomic E-state index is 13.9. The van der Waals surface area contributed by atoms with Crippen LogP contribution >= 0.6 is 27.3 Å². The van der Waals surface area contributed by atoms with Crippen LogP contribution in [0.25, 0.3) is 10.2 Å². The molecule has 1 aromatic carbocycles. The molecular weight excluding hydrogens is 568 g/mol. The number of aromatic nitrogens is 3. The van der Waals surface area contributed by atoms with Crippen molar-refractivity contribution in [3.05, 3.63) is 91.5 Å². The Labute approximate surface area is 233 Å². The first kappa shape index (κ1) is 27.6. The third kappa shape index (κ3) is 5.85. The van der Waals surface area contributed by atoms with Crippen molar-refractivity contribution >= 4 is 49.3 Å². The van der Waals surface area contributed by atoms with E-state index in [-0.39, 0.29) is 30.4 Å². The number of nitrogens with two attached hydrogens (primary N) is 1. The molecule has 0 radical (unpaired) electrons. The average Bonchev–Trinajstić information content (AvgIpc) is 3.29. The van der Waals surface area contributed by atoms with Crippen LogP contribution in [0.1, 0.15) is 39.9 Å². The maximum absolute atomic E-state index is 13.9. The molecule has 4 rings (SSSR count). The first-order chi connectivity index (χ1) is 18.2. The number of pyridine rings is 1. The summed E-state index contributed by atoms with van der Waals surface area (Å²) < 4.78 is 2.72. The average molecular weight is 598 g/mol. The number of thiophene rings is 1. The van der Waals surface area contributed by atoms with Gasteiger partial charge in [0.25, 0.3) is 17.4 Å². The summed E-state index contributed by atoms with van der Waals surface area (Å²) >= 11 is 4.74. The van der Waals surface area contributed by atoms with Gasteiger partial charge in [-0.2, -0.15) is 0 Å². The third-order valence-electron chi connectivity index (χ3n) is 6.07. The van der Waals surface area contributed by atoms with Crippen molar-refractivity contribution in [2.24, 2.45) is 5.73 Å². The van der Waals surface area contributed by atoms with Gasteiger partial charge in [0, 0.05) is 32.5 Å². The molecule has 3 aromatic heterocycles. The van der Waals surface area contributed by atoms with Gasteiger partial charge in [0.15, 0.2) is 6.04 Å². The van der Waals surface area contributed by atoms with Gasteiger partial charge in [0.05, 0.1) is 21.4 Å². The summed E-state index contributed by atoms with van der Waals surface area (Å²) in [7, 11) is 3.24. The number of nitrogens with zero attached hydrogens (tertiary/aromatic N) is 5. The number of benzene rings is 1. The number of rotatable bonds is 9. The van der Waals surface area contributed by atoms with Crippen LogP contribution in [0.2, 0.25) is 0 Å². The molecule has 0 aliphatic heterocycles. The Balaban J connectivity index is 1.96. The molecule has 198 valence electrons. The summed E-state index contributed by atoms with van der Waals surface area (Å²) in [6.45, 7) is 2.54. The van der Waals surface area contributed by atoms with Crippen LogP contribution in [-0.2, 0) is 11.3 Å². The Morgan fingerprint density at radius 1 is 1.16 bits per heavy atom. The summed E-state index contributed by atoms with van der Waals surface area (Å²) in [6, 6.07) is 13.5. The summed E-state index contributed by atoms with van der Waals surface area (Å²) in [5, 5.41) is 0. The largest absolute Gasteiger partial charge is 0.347 e. The van der Waals surface area contributed by atoms with Gasteiger partial charge in [-0.3, -0.25) is 23.9 Å². The molecule has 1 atom stereocenters. The molecule has 3 heterocycles. The zero-order chi connectivity index (χ0) is 27.4. The van der Waals surface area contributed by atoms with Crippen molar-refractivity contribution in [2.45, 2.75) is 25.9 Å². The minimum absolute atomic E-state index is 0.190. The van der Waals surface area contributed by atoms with Crippen molar-refractivity contribution < 1.29 is 9.59 Å². The number of carbonyl (C=O) groups excluding carboxylic acids is 2. The van der Waals surface area contributed by atoms with E-state index in [1.54, 1.807) is 32.3 Å². The van der Waals surface area contributed by atoms with Crippen LogP contribution in [0, 0.1) is 6.92 Å². The molecule has 0 saturated heterocycles. The molecule has 1 unspecified atom stereocenters. The normalized spacial score (nSPS) is 11.9. The van der Waals surface area contributed by atoms with Gasteiger partial charge in [-0.05, 0) is 59.6 Å². The van der Waals surface area contributed by atoms with Crippen LogP contribution < -0.4 is 11.3 Å². The fourth-order valence-corrected chi connectivity index (χ4v) is 5.60. The lowest BCUT2D eigenvalue weighted by Crippen LogP contribution is -2.47. The van der Waals surface area contributed by atoms with Crippen LogP contribution in [0.3, 0.4) is 0 Å². The highest BCUT2D eigenvalue weighted by Gasteiger charge is 2.37. The van der Waals surface area contributed by atoms with E-state index in [0.29, 0.717) is 28.7 Å². The van der Waals surface area contributed by atoms with Gasteiger partial charge < -0.3 is 15.5 Å². The van der Waals surface area contributed by atoms with Gasteiger partial charge in [-0.15, -0.1) is 11.3 Å². The second-order valence-electron chi connectivity index (χ2n) is 9.08. The molecular formula is C27H29BrN6O3S. The van der Waals surface area contributed by atoms with Crippen molar-refractivity contribution in [3.63, 3.8) is 0 Å². The molecule has 11 heteroatoms. The number of likely N-dealkylation sites (N-methyl/N-ethyl adjacent to an activating group) is 1. The second kappa shape index (κ2) is 12.0. The van der Waals surface area contributed by atoms with E-state index in [0.717, 1.165) is 15.0 Å². The summed E-state index contributed by atoms with van der Waals surface area (Å²) in [6.07, 6.45) is 1.95. The summed E-state index contributed by atoms with van der Waals surface area (Å²) in [4.78, 5) is 53.5. The van der Waals surface area contributed by atoms with Crippen molar-refractivity contribution in [1.29, 1.82) is 0 Å². The first-order valence-electron chi connectivity index (χ1n) is 12.1. The van der Waals surface area contributed by atoms with Gasteiger partial charge in [-0.25, -0.2) is 4.98 Å². The van der Waals surface area contributed by atoms with Gasteiger partial charge in [-0.1, -0.05) is 30.3 Å². The van der Waals surface area contributed by atoms with E-state index >= 15 is 0 Å². The molecule has 2 amide bonds. The van der Waals surface area contributed by atoms with E-state index in [1.165, 1.54) is 31.9 Å². The zero-order valence-electron chi connectivity index (χ0n) is 21.4. The number of carbonyl (C=O) groups is 2. The molecule has 0 aliphatic rings. The number of amides is 2. The van der Waals surface area contributed by atoms with E-state index in [4.69, 9.17) is 10.7 Å². The highest BCUT2D eigenvalue weighted by Crippen LogP contribution is 2.30. The van der Waals surface area contributed by atoms with Crippen LogP contribution in [0.5, 0.6) is 0 Å². The summed E-state index contributed by atoms with van der Waals surface area (Å²) in [5.74, 6) is -0.572. The first-order valence-corrected chi connectivity index (χ1v) is 13.7. The van der Waals surface area contributed by atoms with Gasteiger partial charge in [0.2, 0.25) is 0 Å². The Kier molecular flexibility index (Phi) is 8.70. The third-order valence-corrected chi connectivity index (χ3v) is 7.69. The summed E-state index contributed by atoms with van der Waals surface area (Å²) in [5.41, 5.74) is 7.98. The lowest BCUT2D eigenvalue weighted by atomic mass is 10.1. The predicted octanol–water partition coefficient (Wildman–Crippen LogP) is 3.59. The quantitative estimate of drug-likeness (QED) is 0.316. The maximum Gasteiger partial charge on any atom is 0.271 e. The van der Waals surface area contributed by atoms with E-state index in [2.05, 4.69) is 20.9 Å². The fourth-order valence-electron chi connectivity index (χ4n) is 4.12. The number of hydrogen-bond acceptors (Lipinski definition) is 7. The second-order valence-corrected chi connectivity index (χ2v) is 11.5. The zero-order valence-corrected chi connectivity index (χ0v) is 23.8. The van der Waals surface area contributed by atoms with Gasteiger partial charge >= 0.3 is 0 Å². The molecule has 0 bridgehead atoms. The Bertz CT molecular complexity index is 1500. The molecule has 0 spiro atoms. The standard InChI is InChI=1S/C27H29BrN6O3S/c1-17-10-11-19(15-30-17)25(35)33(13-7-12-29)22(26(36)32(2)3)24-31-20-14-21(28)38-23(20)27(37)34(24)16-18-8-5-4-6-9-18/h4-6,8-11,14-15,22H,7,12-13,16,29H2,1-3H3. The lowest BCUT2D eigenvalue weighted by Gasteiger charge is -2.33. The molecule has 2 N–H and O–H groups in total. The van der Waals surface area contributed by atoms with Gasteiger partial charge in [0.1, 0.15) is 10.5 Å². The monoisotopic (exact) mass is 596 g/mol. The fraction of sp³-hybridized carbons (Fsp3) is 0.296.